The van der Waals surface area contributed by atoms with Gasteiger partial charge in [0.05, 0.1) is 6.61 Å². The van der Waals surface area contributed by atoms with Gasteiger partial charge in [0.25, 0.3) is 5.91 Å². The average molecular weight is 467 g/mol. The first-order chi connectivity index (χ1) is 16.9. The highest BCUT2D eigenvalue weighted by molar-refractivity contribution is 6.09. The van der Waals surface area contributed by atoms with Crippen molar-refractivity contribution in [1.82, 2.24) is 0 Å². The number of hydrogen-bond donors (Lipinski definition) is 1. The maximum Gasteiger partial charge on any atom is 0.266 e. The number of aryl methyl sites for hydroxylation is 2. The Morgan fingerprint density at radius 3 is 2.29 bits per heavy atom. The molecule has 0 aliphatic carbocycles. The average Bonchev–Trinajstić information content (AvgIpc) is 2.85. The van der Waals surface area contributed by atoms with Gasteiger partial charge in [-0.1, -0.05) is 53.6 Å². The maximum atomic E-state index is 12.7. The normalized spacial score (nSPS) is 10.9. The molecule has 1 amide bonds. The SMILES string of the molecule is C=CCc1cc(/C=C(/C#N)C(=O)Nc2ccc(C)cc2)cc(OCC)c1OCc1ccc(C)cc1. The lowest BCUT2D eigenvalue weighted by molar-refractivity contribution is -0.112. The van der Waals surface area contributed by atoms with E-state index in [-0.39, 0.29) is 5.57 Å². The van der Waals surface area contributed by atoms with Crippen LogP contribution in [0.2, 0.25) is 0 Å². The van der Waals surface area contributed by atoms with Gasteiger partial charge < -0.3 is 14.8 Å². The lowest BCUT2D eigenvalue weighted by Crippen LogP contribution is -2.13. The Hall–Kier alpha value is -4.30. The molecule has 0 radical (unpaired) electrons. The van der Waals surface area contributed by atoms with Gasteiger partial charge in [-0.3, -0.25) is 4.79 Å². The second kappa shape index (κ2) is 12.2. The van der Waals surface area contributed by atoms with Gasteiger partial charge in [0, 0.05) is 11.3 Å². The van der Waals surface area contributed by atoms with Crippen LogP contribution in [0.4, 0.5) is 5.69 Å². The molecule has 0 saturated heterocycles. The molecule has 0 unspecified atom stereocenters. The Kier molecular flexibility index (Phi) is 8.86. The van der Waals surface area contributed by atoms with E-state index in [2.05, 4.69) is 11.9 Å². The van der Waals surface area contributed by atoms with Crippen LogP contribution in [-0.4, -0.2) is 12.5 Å². The topological polar surface area (TPSA) is 71.4 Å². The number of nitriles is 1. The minimum absolute atomic E-state index is 0.00843. The van der Waals surface area contributed by atoms with Crippen molar-refractivity contribution in [2.24, 2.45) is 0 Å². The smallest absolute Gasteiger partial charge is 0.266 e. The minimum Gasteiger partial charge on any atom is -0.490 e. The van der Waals surface area contributed by atoms with Crippen molar-refractivity contribution in [2.45, 2.75) is 33.8 Å². The Balaban J connectivity index is 1.91. The van der Waals surface area contributed by atoms with Gasteiger partial charge in [-0.15, -0.1) is 6.58 Å². The highest BCUT2D eigenvalue weighted by Gasteiger charge is 2.15. The van der Waals surface area contributed by atoms with E-state index in [1.54, 1.807) is 30.4 Å². The van der Waals surface area contributed by atoms with Crippen LogP contribution in [0.15, 0.2) is 78.9 Å². The third-order valence-corrected chi connectivity index (χ3v) is 5.31. The summed E-state index contributed by atoms with van der Waals surface area (Å²) in [4.78, 5) is 12.7. The number of carbonyl (C=O) groups excluding carboxylic acids is 1. The fraction of sp³-hybridized carbons (Fsp3) is 0.200. The van der Waals surface area contributed by atoms with Crippen molar-refractivity contribution >= 4 is 17.7 Å². The minimum atomic E-state index is -0.473. The Bertz CT molecular complexity index is 1250. The van der Waals surface area contributed by atoms with E-state index in [0.29, 0.717) is 42.4 Å². The van der Waals surface area contributed by atoms with Crippen molar-refractivity contribution in [3.05, 3.63) is 107 Å². The molecular weight excluding hydrogens is 436 g/mol. The number of benzene rings is 3. The summed E-state index contributed by atoms with van der Waals surface area (Å²) >= 11 is 0. The summed E-state index contributed by atoms with van der Waals surface area (Å²) in [6.07, 6.45) is 3.89. The van der Waals surface area contributed by atoms with Gasteiger partial charge in [0.1, 0.15) is 18.2 Å². The van der Waals surface area contributed by atoms with Crippen molar-refractivity contribution < 1.29 is 14.3 Å². The van der Waals surface area contributed by atoms with Gasteiger partial charge in [0.15, 0.2) is 11.5 Å². The fourth-order valence-corrected chi connectivity index (χ4v) is 3.49. The van der Waals surface area contributed by atoms with Crippen LogP contribution in [0, 0.1) is 25.2 Å². The molecule has 0 saturated carbocycles. The molecule has 5 nitrogen and oxygen atoms in total. The number of nitrogens with zero attached hydrogens (tertiary/aromatic N) is 1. The molecule has 0 bridgehead atoms. The largest absolute Gasteiger partial charge is 0.490 e. The first-order valence-electron chi connectivity index (χ1n) is 11.5. The summed E-state index contributed by atoms with van der Waals surface area (Å²) in [6.45, 7) is 10.6. The molecule has 1 N–H and O–H groups in total. The molecule has 0 aromatic heterocycles. The summed E-state index contributed by atoms with van der Waals surface area (Å²) in [6, 6.07) is 21.3. The molecule has 0 fully saturated rings. The Morgan fingerprint density at radius 2 is 1.69 bits per heavy atom. The second-order valence-corrected chi connectivity index (χ2v) is 8.20. The number of carbonyl (C=O) groups is 1. The first kappa shape index (κ1) is 25.3. The Morgan fingerprint density at radius 1 is 1.03 bits per heavy atom. The second-order valence-electron chi connectivity index (χ2n) is 8.20. The predicted octanol–water partition coefficient (Wildman–Crippen LogP) is 6.56. The predicted molar refractivity (Wildman–Crippen MR) is 140 cm³/mol. The molecule has 5 heteroatoms. The van der Waals surface area contributed by atoms with Crippen LogP contribution in [0.3, 0.4) is 0 Å². The zero-order valence-electron chi connectivity index (χ0n) is 20.4. The summed E-state index contributed by atoms with van der Waals surface area (Å²) in [5.74, 6) is 0.716. The standard InChI is InChI=1S/C30H30N2O3/c1-5-7-25-16-24(17-26(19-31)30(33)32-27-14-10-22(4)11-15-27)18-28(34-6-2)29(25)35-20-23-12-8-21(3)9-13-23/h5,8-18H,1,6-7,20H2,2-4H3,(H,32,33)/b26-17-. The van der Waals surface area contributed by atoms with Gasteiger partial charge in [0.2, 0.25) is 0 Å². The molecule has 3 aromatic carbocycles. The van der Waals surface area contributed by atoms with Crippen LogP contribution in [-0.2, 0) is 17.8 Å². The third-order valence-electron chi connectivity index (χ3n) is 5.31. The summed E-state index contributed by atoms with van der Waals surface area (Å²) < 4.78 is 12.1. The summed E-state index contributed by atoms with van der Waals surface area (Å²) in [5.41, 5.74) is 5.47. The van der Waals surface area contributed by atoms with Gasteiger partial charge in [-0.05, 0) is 68.7 Å². The molecule has 0 heterocycles. The number of rotatable bonds is 10. The van der Waals surface area contributed by atoms with E-state index in [9.17, 15) is 10.1 Å². The van der Waals surface area contributed by atoms with Gasteiger partial charge >= 0.3 is 0 Å². The number of anilines is 1. The van der Waals surface area contributed by atoms with Crippen LogP contribution in [0.1, 0.15) is 34.7 Å². The molecule has 35 heavy (non-hydrogen) atoms. The highest BCUT2D eigenvalue weighted by atomic mass is 16.5. The van der Waals surface area contributed by atoms with E-state index in [0.717, 1.165) is 16.7 Å². The van der Waals surface area contributed by atoms with E-state index >= 15 is 0 Å². The quantitative estimate of drug-likeness (QED) is 0.209. The maximum absolute atomic E-state index is 12.7. The molecule has 3 rings (SSSR count). The number of hydrogen-bond acceptors (Lipinski definition) is 4. The van der Waals surface area contributed by atoms with Crippen LogP contribution >= 0.6 is 0 Å². The summed E-state index contributed by atoms with van der Waals surface area (Å²) in [5, 5.41) is 12.4. The van der Waals surface area contributed by atoms with Crippen molar-refractivity contribution in [1.29, 1.82) is 5.26 Å². The van der Waals surface area contributed by atoms with E-state index in [4.69, 9.17) is 9.47 Å². The van der Waals surface area contributed by atoms with Crippen molar-refractivity contribution in [3.63, 3.8) is 0 Å². The van der Waals surface area contributed by atoms with E-state index in [1.165, 1.54) is 5.56 Å². The molecule has 0 aliphatic rings. The Labute approximate surface area is 207 Å². The molecule has 0 atom stereocenters. The van der Waals surface area contributed by atoms with E-state index in [1.807, 2.05) is 69.3 Å². The number of nitrogens with one attached hydrogen (secondary N) is 1. The molecule has 0 spiro atoms. The number of ether oxygens (including phenoxy) is 2. The van der Waals surface area contributed by atoms with E-state index < -0.39 is 5.91 Å². The molecule has 0 aliphatic heterocycles. The zero-order valence-corrected chi connectivity index (χ0v) is 20.4. The van der Waals surface area contributed by atoms with Crippen LogP contribution < -0.4 is 14.8 Å². The third kappa shape index (κ3) is 7.09. The first-order valence-corrected chi connectivity index (χ1v) is 11.5. The lowest BCUT2D eigenvalue weighted by Gasteiger charge is -2.17. The highest BCUT2D eigenvalue weighted by Crippen LogP contribution is 2.35. The van der Waals surface area contributed by atoms with Gasteiger partial charge in [-0.2, -0.15) is 5.26 Å². The molecule has 178 valence electrons. The number of amides is 1. The van der Waals surface area contributed by atoms with Crippen LogP contribution in [0.25, 0.3) is 6.08 Å². The monoisotopic (exact) mass is 466 g/mol. The zero-order chi connectivity index (χ0) is 25.2. The lowest BCUT2D eigenvalue weighted by atomic mass is 10.0. The molecular formula is C30H30N2O3. The van der Waals surface area contributed by atoms with Crippen molar-refractivity contribution in [2.75, 3.05) is 11.9 Å². The number of allylic oxidation sites excluding steroid dienone is 1. The van der Waals surface area contributed by atoms with Crippen molar-refractivity contribution in [3.8, 4) is 17.6 Å². The van der Waals surface area contributed by atoms with Gasteiger partial charge in [-0.25, -0.2) is 0 Å². The molecule has 3 aromatic rings. The van der Waals surface area contributed by atoms with Crippen LogP contribution in [0.5, 0.6) is 11.5 Å². The summed E-state index contributed by atoms with van der Waals surface area (Å²) in [7, 11) is 0. The fourth-order valence-electron chi connectivity index (χ4n) is 3.49.